The van der Waals surface area contributed by atoms with Crippen molar-refractivity contribution in [2.75, 3.05) is 19.3 Å². The van der Waals surface area contributed by atoms with Crippen molar-refractivity contribution >= 4 is 22.9 Å². The highest BCUT2D eigenvalue weighted by atomic mass is 32.2. The Morgan fingerprint density at radius 1 is 1.32 bits per heavy atom. The van der Waals surface area contributed by atoms with Crippen LogP contribution in [-0.2, 0) is 13.0 Å². The van der Waals surface area contributed by atoms with Gasteiger partial charge in [0.15, 0.2) is 5.65 Å². The van der Waals surface area contributed by atoms with Crippen molar-refractivity contribution < 1.29 is 0 Å². The van der Waals surface area contributed by atoms with Crippen molar-refractivity contribution in [1.82, 2.24) is 19.4 Å². The van der Waals surface area contributed by atoms with Crippen molar-refractivity contribution in [2.24, 2.45) is 0 Å². The van der Waals surface area contributed by atoms with Gasteiger partial charge in [-0.15, -0.1) is 0 Å². The quantitative estimate of drug-likeness (QED) is 0.868. The van der Waals surface area contributed by atoms with Gasteiger partial charge in [-0.1, -0.05) is 0 Å². The summed E-state index contributed by atoms with van der Waals surface area (Å²) in [4.78, 5) is 12.0. The van der Waals surface area contributed by atoms with Crippen LogP contribution in [0.4, 0.5) is 0 Å². The summed E-state index contributed by atoms with van der Waals surface area (Å²) in [6, 6.07) is 4.74. The van der Waals surface area contributed by atoms with Crippen molar-refractivity contribution in [3.63, 3.8) is 0 Å². The van der Waals surface area contributed by atoms with E-state index in [-0.39, 0.29) is 0 Å². The van der Waals surface area contributed by atoms with Crippen LogP contribution in [0.25, 0.3) is 11.2 Å². The average Bonchev–Trinajstić information content (AvgIpc) is 3.24. The summed E-state index contributed by atoms with van der Waals surface area (Å²) in [6.07, 6.45) is 8.26. The van der Waals surface area contributed by atoms with Gasteiger partial charge in [-0.05, 0) is 57.2 Å². The summed E-state index contributed by atoms with van der Waals surface area (Å²) in [6.45, 7) is 2.30. The van der Waals surface area contributed by atoms with Gasteiger partial charge in [-0.2, -0.15) is 11.8 Å². The molecule has 0 amide bonds. The topological polar surface area (TPSA) is 34.0 Å². The van der Waals surface area contributed by atoms with E-state index in [1.165, 1.54) is 43.8 Å². The normalized spacial score (nSPS) is 26.2. The fraction of sp³-hybridized carbons (Fsp3) is 0.647. The number of hydrogen-bond acceptors (Lipinski definition) is 4. The molecule has 4 nitrogen and oxygen atoms in total. The molecule has 2 fully saturated rings. The lowest BCUT2D eigenvalue weighted by atomic mass is 10.1. The van der Waals surface area contributed by atoms with Crippen LogP contribution in [-0.4, -0.2) is 50.1 Å². The van der Waals surface area contributed by atoms with Crippen molar-refractivity contribution in [3.05, 3.63) is 24.2 Å². The number of aromatic nitrogens is 3. The molecule has 0 N–H and O–H groups in total. The van der Waals surface area contributed by atoms with Gasteiger partial charge in [0.2, 0.25) is 0 Å². The van der Waals surface area contributed by atoms with Crippen LogP contribution >= 0.6 is 11.8 Å². The molecule has 0 saturated carbocycles. The van der Waals surface area contributed by atoms with E-state index in [0.29, 0.717) is 6.04 Å². The zero-order valence-corrected chi connectivity index (χ0v) is 14.1. The maximum Gasteiger partial charge on any atom is 0.160 e. The Morgan fingerprint density at radius 3 is 3.05 bits per heavy atom. The predicted octanol–water partition coefficient (Wildman–Crippen LogP) is 2.96. The molecule has 4 rings (SSSR count). The van der Waals surface area contributed by atoms with Gasteiger partial charge in [0, 0.05) is 30.5 Å². The molecule has 2 unspecified atom stereocenters. The smallest absolute Gasteiger partial charge is 0.160 e. The summed E-state index contributed by atoms with van der Waals surface area (Å²) >= 11 is 2.11. The lowest BCUT2D eigenvalue weighted by Gasteiger charge is -2.20. The van der Waals surface area contributed by atoms with Gasteiger partial charge in [-0.25, -0.2) is 9.97 Å². The molecule has 0 radical (unpaired) electrons. The minimum Gasteiger partial charge on any atom is -0.312 e. The first-order valence-corrected chi connectivity index (χ1v) is 9.48. The Bertz CT molecular complexity index is 647. The van der Waals surface area contributed by atoms with Gasteiger partial charge in [0.25, 0.3) is 0 Å². The van der Waals surface area contributed by atoms with Crippen LogP contribution in [0, 0.1) is 0 Å². The first kappa shape index (κ1) is 14.5. The van der Waals surface area contributed by atoms with Crippen LogP contribution in [0.15, 0.2) is 18.3 Å². The molecule has 2 atom stereocenters. The predicted molar refractivity (Wildman–Crippen MR) is 92.4 cm³/mol. The Morgan fingerprint density at radius 2 is 2.27 bits per heavy atom. The van der Waals surface area contributed by atoms with E-state index < -0.39 is 0 Å². The zero-order valence-electron chi connectivity index (χ0n) is 13.2. The number of thioether (sulfide) groups is 1. The minimum absolute atomic E-state index is 0.645. The Balaban J connectivity index is 1.65. The molecule has 5 heteroatoms. The lowest BCUT2D eigenvalue weighted by Crippen LogP contribution is -2.28. The summed E-state index contributed by atoms with van der Waals surface area (Å²) < 4.78 is 2.41. The van der Waals surface area contributed by atoms with E-state index in [9.17, 15) is 0 Å². The molecule has 4 heterocycles. The van der Waals surface area contributed by atoms with Gasteiger partial charge in [-0.3, -0.25) is 0 Å². The third-order valence-electron chi connectivity index (χ3n) is 5.08. The second-order valence-electron chi connectivity index (χ2n) is 6.60. The number of likely N-dealkylation sites (tertiary alicyclic amines) is 1. The molecule has 2 aliphatic rings. The Kier molecular flexibility index (Phi) is 4.09. The highest BCUT2D eigenvalue weighted by molar-refractivity contribution is 8.00. The van der Waals surface area contributed by atoms with Crippen LogP contribution in [0.1, 0.15) is 31.5 Å². The fourth-order valence-corrected chi connectivity index (χ4v) is 5.05. The molecule has 2 aromatic heterocycles. The molecule has 22 heavy (non-hydrogen) atoms. The van der Waals surface area contributed by atoms with E-state index in [1.54, 1.807) is 0 Å². The number of imidazole rings is 1. The highest BCUT2D eigenvalue weighted by Crippen LogP contribution is 2.29. The van der Waals surface area contributed by atoms with Crippen molar-refractivity contribution in [3.8, 4) is 0 Å². The number of nitrogens with zero attached hydrogens (tertiary/aromatic N) is 4. The second-order valence-corrected chi connectivity index (χ2v) is 8.01. The summed E-state index contributed by atoms with van der Waals surface area (Å²) in [7, 11) is 2.25. The first-order valence-electron chi connectivity index (χ1n) is 8.43. The molecular weight excluding hydrogens is 292 g/mol. The van der Waals surface area contributed by atoms with Crippen LogP contribution < -0.4 is 0 Å². The second kappa shape index (κ2) is 6.20. The van der Waals surface area contributed by atoms with E-state index in [2.05, 4.69) is 39.3 Å². The SMILES string of the molecule is CN1CCCC1Cc1nc2cccnc2n1CC1CCCS1. The molecule has 118 valence electrons. The van der Waals surface area contributed by atoms with E-state index in [1.807, 2.05) is 12.3 Å². The molecule has 2 saturated heterocycles. The molecule has 2 aromatic rings. The summed E-state index contributed by atoms with van der Waals surface area (Å²) in [5.41, 5.74) is 2.13. The standard InChI is InChI=1S/C17H24N4S/c1-20-9-3-5-13(20)11-16-19-15-7-2-8-18-17(15)21(16)12-14-6-4-10-22-14/h2,7-8,13-14H,3-6,9-12H2,1H3. The van der Waals surface area contributed by atoms with Gasteiger partial charge < -0.3 is 9.47 Å². The molecular formula is C17H24N4S. The minimum atomic E-state index is 0.645. The summed E-state index contributed by atoms with van der Waals surface area (Å²) in [5, 5.41) is 0.736. The summed E-state index contributed by atoms with van der Waals surface area (Å²) in [5.74, 6) is 2.55. The fourth-order valence-electron chi connectivity index (χ4n) is 3.79. The Labute approximate surface area is 136 Å². The van der Waals surface area contributed by atoms with Crippen molar-refractivity contribution in [1.29, 1.82) is 0 Å². The van der Waals surface area contributed by atoms with Gasteiger partial charge >= 0.3 is 0 Å². The zero-order chi connectivity index (χ0) is 14.9. The third kappa shape index (κ3) is 2.76. The molecule has 0 aliphatic carbocycles. The lowest BCUT2D eigenvalue weighted by molar-refractivity contribution is 0.303. The third-order valence-corrected chi connectivity index (χ3v) is 6.46. The monoisotopic (exact) mass is 316 g/mol. The van der Waals surface area contributed by atoms with E-state index in [0.717, 1.165) is 29.4 Å². The highest BCUT2D eigenvalue weighted by Gasteiger charge is 2.25. The maximum absolute atomic E-state index is 4.92. The molecule has 0 aromatic carbocycles. The molecule has 0 spiro atoms. The Hall–Kier alpha value is -1.07. The molecule has 2 aliphatic heterocycles. The number of pyridine rings is 1. The van der Waals surface area contributed by atoms with Gasteiger partial charge in [0.05, 0.1) is 0 Å². The number of hydrogen-bond donors (Lipinski definition) is 0. The maximum atomic E-state index is 4.92. The average molecular weight is 316 g/mol. The van der Waals surface area contributed by atoms with Gasteiger partial charge in [0.1, 0.15) is 11.3 Å². The number of rotatable bonds is 4. The van der Waals surface area contributed by atoms with Crippen LogP contribution in [0.2, 0.25) is 0 Å². The van der Waals surface area contributed by atoms with Crippen LogP contribution in [0.5, 0.6) is 0 Å². The van der Waals surface area contributed by atoms with E-state index >= 15 is 0 Å². The first-order chi connectivity index (χ1) is 10.8. The largest absolute Gasteiger partial charge is 0.312 e. The van der Waals surface area contributed by atoms with Crippen LogP contribution in [0.3, 0.4) is 0 Å². The number of likely N-dealkylation sites (N-methyl/N-ethyl adjacent to an activating group) is 1. The number of fused-ring (bicyclic) bond motifs is 1. The van der Waals surface area contributed by atoms with E-state index in [4.69, 9.17) is 4.98 Å². The molecule has 0 bridgehead atoms. The van der Waals surface area contributed by atoms with Crippen molar-refractivity contribution in [2.45, 2.75) is 49.9 Å².